The van der Waals surface area contributed by atoms with Crippen LogP contribution < -0.4 is 10.6 Å². The SMILES string of the molecule is CN1CCCc2cc(CN=C(N)N(C)C3CC3)ccc21.I. The average molecular weight is 400 g/mol. The second kappa shape index (κ2) is 6.85. The first-order chi connectivity index (χ1) is 9.65. The van der Waals surface area contributed by atoms with Crippen LogP contribution in [0.3, 0.4) is 0 Å². The quantitative estimate of drug-likeness (QED) is 0.482. The van der Waals surface area contributed by atoms with Crippen LogP contribution in [-0.4, -0.2) is 37.5 Å². The number of halogens is 1. The number of benzene rings is 1. The molecule has 0 saturated heterocycles. The summed E-state index contributed by atoms with van der Waals surface area (Å²) in [5.74, 6) is 0.669. The zero-order valence-corrected chi connectivity index (χ0v) is 15.2. The second-order valence-electron chi connectivity index (χ2n) is 6.00. The van der Waals surface area contributed by atoms with E-state index in [0.29, 0.717) is 18.5 Å². The van der Waals surface area contributed by atoms with Crippen molar-refractivity contribution in [3.05, 3.63) is 29.3 Å². The minimum absolute atomic E-state index is 0. The number of nitrogens with zero attached hydrogens (tertiary/aromatic N) is 3. The van der Waals surface area contributed by atoms with Gasteiger partial charge in [-0.3, -0.25) is 0 Å². The van der Waals surface area contributed by atoms with E-state index in [1.807, 2.05) is 7.05 Å². The van der Waals surface area contributed by atoms with Crippen LogP contribution in [0.15, 0.2) is 23.2 Å². The van der Waals surface area contributed by atoms with Gasteiger partial charge in [0, 0.05) is 32.4 Å². The van der Waals surface area contributed by atoms with Gasteiger partial charge >= 0.3 is 0 Å². The first-order valence-electron chi connectivity index (χ1n) is 7.51. The highest BCUT2D eigenvalue weighted by molar-refractivity contribution is 14.0. The molecule has 1 fully saturated rings. The molecular formula is C16H25IN4. The lowest BCUT2D eigenvalue weighted by Gasteiger charge is -2.27. The Morgan fingerprint density at radius 2 is 2.19 bits per heavy atom. The summed E-state index contributed by atoms with van der Waals surface area (Å²) in [7, 11) is 4.21. The molecule has 0 amide bonds. The third-order valence-electron chi connectivity index (χ3n) is 4.37. The maximum absolute atomic E-state index is 6.03. The molecule has 0 unspecified atom stereocenters. The predicted octanol–water partition coefficient (Wildman–Crippen LogP) is 2.60. The summed E-state index contributed by atoms with van der Waals surface area (Å²) in [6.07, 6.45) is 4.91. The molecule has 1 aromatic carbocycles. The van der Waals surface area contributed by atoms with E-state index in [1.165, 1.54) is 42.5 Å². The second-order valence-corrected chi connectivity index (χ2v) is 6.00. The van der Waals surface area contributed by atoms with Crippen LogP contribution >= 0.6 is 24.0 Å². The van der Waals surface area contributed by atoms with Gasteiger partial charge in [-0.15, -0.1) is 24.0 Å². The van der Waals surface area contributed by atoms with Crippen molar-refractivity contribution in [3.8, 4) is 0 Å². The fourth-order valence-corrected chi connectivity index (χ4v) is 2.87. The lowest BCUT2D eigenvalue weighted by atomic mass is 10.00. The van der Waals surface area contributed by atoms with Crippen molar-refractivity contribution in [2.45, 2.75) is 38.3 Å². The van der Waals surface area contributed by atoms with Gasteiger partial charge in [0.2, 0.25) is 0 Å². The molecule has 0 aromatic heterocycles. The molecule has 1 saturated carbocycles. The van der Waals surface area contributed by atoms with Crippen molar-refractivity contribution in [3.63, 3.8) is 0 Å². The summed E-state index contributed by atoms with van der Waals surface area (Å²) < 4.78 is 0. The molecule has 0 atom stereocenters. The van der Waals surface area contributed by atoms with Gasteiger partial charge in [-0.1, -0.05) is 12.1 Å². The molecule has 1 aliphatic heterocycles. The normalized spacial score (nSPS) is 18.0. The molecule has 1 aromatic rings. The number of hydrogen-bond donors (Lipinski definition) is 1. The van der Waals surface area contributed by atoms with Crippen molar-refractivity contribution in [1.29, 1.82) is 0 Å². The monoisotopic (exact) mass is 400 g/mol. The third-order valence-corrected chi connectivity index (χ3v) is 4.37. The molecular weight excluding hydrogens is 375 g/mol. The fraction of sp³-hybridized carbons (Fsp3) is 0.562. The Hall–Kier alpha value is -0.980. The molecule has 5 heteroatoms. The van der Waals surface area contributed by atoms with Gasteiger partial charge in [0.05, 0.1) is 6.54 Å². The lowest BCUT2D eigenvalue weighted by Crippen LogP contribution is -2.35. The molecule has 1 heterocycles. The number of nitrogens with two attached hydrogens (primary N) is 1. The third kappa shape index (κ3) is 3.81. The summed E-state index contributed by atoms with van der Waals surface area (Å²) in [5, 5.41) is 0. The van der Waals surface area contributed by atoms with E-state index in [2.05, 4.69) is 40.0 Å². The van der Waals surface area contributed by atoms with Crippen LogP contribution in [0.4, 0.5) is 5.69 Å². The lowest BCUT2D eigenvalue weighted by molar-refractivity contribution is 0.487. The smallest absolute Gasteiger partial charge is 0.191 e. The maximum atomic E-state index is 6.03. The number of guanidine groups is 1. The molecule has 0 bridgehead atoms. The Morgan fingerprint density at radius 3 is 2.90 bits per heavy atom. The van der Waals surface area contributed by atoms with Gasteiger partial charge in [0.15, 0.2) is 5.96 Å². The highest BCUT2D eigenvalue weighted by Crippen LogP contribution is 2.27. The van der Waals surface area contributed by atoms with Crippen LogP contribution in [0, 0.1) is 0 Å². The Balaban J connectivity index is 0.00000161. The van der Waals surface area contributed by atoms with Gasteiger partial charge in [-0.2, -0.15) is 0 Å². The fourth-order valence-electron chi connectivity index (χ4n) is 2.87. The molecule has 4 nitrogen and oxygen atoms in total. The van der Waals surface area contributed by atoms with Crippen LogP contribution in [0.25, 0.3) is 0 Å². The van der Waals surface area contributed by atoms with Crippen LogP contribution in [-0.2, 0) is 13.0 Å². The Labute approximate surface area is 144 Å². The first kappa shape index (κ1) is 16.4. The molecule has 2 aliphatic rings. The first-order valence-corrected chi connectivity index (χ1v) is 7.51. The van der Waals surface area contributed by atoms with Crippen molar-refractivity contribution in [1.82, 2.24) is 4.90 Å². The highest BCUT2D eigenvalue weighted by Gasteiger charge is 2.27. The summed E-state index contributed by atoms with van der Waals surface area (Å²) in [6.45, 7) is 1.84. The number of aliphatic imine (C=N–C) groups is 1. The summed E-state index contributed by atoms with van der Waals surface area (Å²) in [4.78, 5) is 8.97. The maximum Gasteiger partial charge on any atom is 0.191 e. The number of aryl methyl sites for hydroxylation is 1. The number of rotatable bonds is 3. The zero-order valence-electron chi connectivity index (χ0n) is 12.9. The molecule has 0 spiro atoms. The molecule has 21 heavy (non-hydrogen) atoms. The molecule has 0 radical (unpaired) electrons. The average Bonchev–Trinajstić information content (AvgIpc) is 3.28. The zero-order chi connectivity index (χ0) is 14.1. The number of fused-ring (bicyclic) bond motifs is 1. The number of anilines is 1. The molecule has 1 aliphatic carbocycles. The van der Waals surface area contributed by atoms with Crippen molar-refractivity contribution in [2.24, 2.45) is 10.7 Å². The summed E-state index contributed by atoms with van der Waals surface area (Å²) in [5.41, 5.74) is 10.1. The minimum Gasteiger partial charge on any atom is -0.374 e. The van der Waals surface area contributed by atoms with Gasteiger partial charge in [0.1, 0.15) is 0 Å². The summed E-state index contributed by atoms with van der Waals surface area (Å²) >= 11 is 0. The molecule has 3 rings (SSSR count). The largest absolute Gasteiger partial charge is 0.374 e. The van der Waals surface area contributed by atoms with E-state index in [4.69, 9.17) is 5.73 Å². The standard InChI is InChI=1S/C16H24N4.HI/c1-19-9-3-4-13-10-12(5-8-15(13)19)11-18-16(17)20(2)14-6-7-14;/h5,8,10,14H,3-4,6-7,9,11H2,1-2H3,(H2,17,18);1H. The van der Waals surface area contributed by atoms with Crippen LogP contribution in [0.5, 0.6) is 0 Å². The summed E-state index contributed by atoms with van der Waals surface area (Å²) in [6, 6.07) is 7.31. The van der Waals surface area contributed by atoms with Crippen molar-refractivity contribution < 1.29 is 0 Å². The molecule has 116 valence electrons. The van der Waals surface area contributed by atoms with E-state index in [-0.39, 0.29) is 24.0 Å². The van der Waals surface area contributed by atoms with Crippen LogP contribution in [0.2, 0.25) is 0 Å². The Bertz CT molecular complexity index is 525. The minimum atomic E-state index is 0. The van der Waals surface area contributed by atoms with Gasteiger partial charge < -0.3 is 15.5 Å². The van der Waals surface area contributed by atoms with E-state index in [1.54, 1.807) is 0 Å². The van der Waals surface area contributed by atoms with Crippen LogP contribution in [0.1, 0.15) is 30.4 Å². The van der Waals surface area contributed by atoms with E-state index in [0.717, 1.165) is 6.54 Å². The van der Waals surface area contributed by atoms with Crippen molar-refractivity contribution in [2.75, 3.05) is 25.5 Å². The highest BCUT2D eigenvalue weighted by atomic mass is 127. The number of hydrogen-bond acceptors (Lipinski definition) is 2. The van der Waals surface area contributed by atoms with E-state index in [9.17, 15) is 0 Å². The van der Waals surface area contributed by atoms with E-state index < -0.39 is 0 Å². The topological polar surface area (TPSA) is 44.9 Å². The van der Waals surface area contributed by atoms with Gasteiger partial charge in [-0.05, 0) is 42.9 Å². The predicted molar refractivity (Wildman–Crippen MR) is 99.6 cm³/mol. The Kier molecular flexibility index (Phi) is 5.35. The van der Waals surface area contributed by atoms with E-state index >= 15 is 0 Å². The van der Waals surface area contributed by atoms with Crippen molar-refractivity contribution >= 4 is 35.6 Å². The van der Waals surface area contributed by atoms with Gasteiger partial charge in [0.25, 0.3) is 0 Å². The molecule has 2 N–H and O–H groups in total. The Morgan fingerprint density at radius 1 is 1.43 bits per heavy atom. The van der Waals surface area contributed by atoms with Gasteiger partial charge in [-0.25, -0.2) is 4.99 Å².